The molecule has 0 radical (unpaired) electrons. The molecule has 9 heteroatoms. The summed E-state index contributed by atoms with van der Waals surface area (Å²) in [6.45, 7) is 9.15. The Morgan fingerprint density at radius 2 is 1.81 bits per heavy atom. The number of aromatic nitrogens is 3. The van der Waals surface area contributed by atoms with Crippen molar-refractivity contribution in [3.8, 4) is 0 Å². The lowest BCUT2D eigenvalue weighted by Gasteiger charge is -2.38. The third kappa shape index (κ3) is 7.53. The highest BCUT2D eigenvalue weighted by Crippen LogP contribution is 2.32. The van der Waals surface area contributed by atoms with Crippen molar-refractivity contribution in [2.75, 3.05) is 18.4 Å². The number of fused-ring (bicyclic) bond motifs is 1. The highest BCUT2D eigenvalue weighted by atomic mass is 16.6. The number of aryl methyl sites for hydroxylation is 2. The van der Waals surface area contributed by atoms with Crippen LogP contribution < -0.4 is 5.32 Å². The van der Waals surface area contributed by atoms with E-state index in [1.807, 2.05) is 68.0 Å². The average molecular weight is 570 g/mol. The molecule has 1 N–H and O–H groups in total. The fourth-order valence-electron chi connectivity index (χ4n) is 5.42. The predicted molar refractivity (Wildman–Crippen MR) is 162 cm³/mol. The van der Waals surface area contributed by atoms with Gasteiger partial charge >= 0.3 is 6.09 Å². The van der Waals surface area contributed by atoms with Gasteiger partial charge in [0, 0.05) is 31.6 Å². The van der Waals surface area contributed by atoms with Crippen LogP contribution in [0.2, 0.25) is 0 Å². The molecule has 0 saturated carbocycles. The lowest BCUT2D eigenvalue weighted by Crippen LogP contribution is -2.48. The topological polar surface area (TPSA) is 98.6 Å². The van der Waals surface area contributed by atoms with Gasteiger partial charge in [-0.25, -0.2) is 9.48 Å². The summed E-state index contributed by atoms with van der Waals surface area (Å²) in [4.78, 5) is 26.2. The molecule has 2 heterocycles. The molecule has 2 amide bonds. The number of nitrogens with one attached hydrogen (secondary N) is 1. The highest BCUT2D eigenvalue weighted by molar-refractivity contribution is 5.88. The summed E-state index contributed by atoms with van der Waals surface area (Å²) in [6.07, 6.45) is 2.65. The Morgan fingerprint density at radius 3 is 2.60 bits per heavy atom. The Kier molecular flexibility index (Phi) is 8.87. The normalized spacial score (nSPS) is 17.3. The standard InChI is InChI=1S/C33H39N5O4/c1-23(39)35-28-11-7-8-24(19-28)14-17-38-30(20-34-36-38)29-15-16-37(32(40)42-33(2,3)4)21-31(29)41-22-25-12-13-26-9-5-6-10-27(26)18-25/h5-13,18-20,29,31H,14-17,21-22H2,1-4H3,(H,35,39)/t29-,31+/m0/s1. The molecule has 0 spiro atoms. The van der Waals surface area contributed by atoms with Crippen LogP contribution in [0.25, 0.3) is 10.8 Å². The molecule has 1 aliphatic rings. The highest BCUT2D eigenvalue weighted by Gasteiger charge is 2.37. The first-order valence-electron chi connectivity index (χ1n) is 14.5. The number of hydrogen-bond donors (Lipinski definition) is 1. The van der Waals surface area contributed by atoms with Gasteiger partial charge in [-0.1, -0.05) is 53.7 Å². The average Bonchev–Trinajstić information content (AvgIpc) is 3.42. The van der Waals surface area contributed by atoms with Crippen LogP contribution in [0.5, 0.6) is 0 Å². The quantitative estimate of drug-likeness (QED) is 0.282. The molecule has 1 aromatic heterocycles. The van der Waals surface area contributed by atoms with Gasteiger partial charge in [0.05, 0.1) is 31.1 Å². The number of likely N-dealkylation sites (tertiary alicyclic amines) is 1. The second-order valence-corrected chi connectivity index (χ2v) is 11.9. The number of nitrogens with zero attached hydrogens (tertiary/aromatic N) is 4. The maximum Gasteiger partial charge on any atom is 0.410 e. The number of piperidine rings is 1. The Bertz CT molecular complexity index is 1540. The van der Waals surface area contributed by atoms with E-state index in [-0.39, 0.29) is 24.0 Å². The van der Waals surface area contributed by atoms with Crippen molar-refractivity contribution in [2.45, 2.75) is 71.3 Å². The van der Waals surface area contributed by atoms with Crippen LogP contribution in [-0.4, -0.2) is 56.7 Å². The molecule has 4 aromatic rings. The number of carbonyl (C=O) groups excluding carboxylic acids is 2. The second kappa shape index (κ2) is 12.7. The minimum absolute atomic E-state index is 0.00450. The Labute approximate surface area is 246 Å². The van der Waals surface area contributed by atoms with E-state index in [2.05, 4.69) is 46.0 Å². The first-order chi connectivity index (χ1) is 20.1. The summed E-state index contributed by atoms with van der Waals surface area (Å²) in [7, 11) is 0. The van der Waals surface area contributed by atoms with Crippen molar-refractivity contribution in [3.63, 3.8) is 0 Å². The monoisotopic (exact) mass is 569 g/mol. The molecular formula is C33H39N5O4. The maximum absolute atomic E-state index is 13.0. The third-order valence-electron chi connectivity index (χ3n) is 7.38. The number of carbonyl (C=O) groups is 2. The van der Waals surface area contributed by atoms with E-state index in [0.717, 1.165) is 28.9 Å². The fourth-order valence-corrected chi connectivity index (χ4v) is 5.42. The number of amides is 2. The largest absolute Gasteiger partial charge is 0.444 e. The van der Waals surface area contributed by atoms with Crippen LogP contribution in [0.4, 0.5) is 10.5 Å². The molecule has 0 aliphatic carbocycles. The van der Waals surface area contributed by atoms with E-state index >= 15 is 0 Å². The molecule has 220 valence electrons. The summed E-state index contributed by atoms with van der Waals surface area (Å²) in [5.74, 6) is -0.0944. The first-order valence-corrected chi connectivity index (χ1v) is 14.5. The number of rotatable bonds is 8. The van der Waals surface area contributed by atoms with Gasteiger partial charge in [0.1, 0.15) is 5.60 Å². The maximum atomic E-state index is 13.0. The van der Waals surface area contributed by atoms with Gasteiger partial charge in [-0.15, -0.1) is 5.10 Å². The number of hydrogen-bond acceptors (Lipinski definition) is 6. The van der Waals surface area contributed by atoms with Crippen molar-refractivity contribution in [1.82, 2.24) is 19.9 Å². The minimum Gasteiger partial charge on any atom is -0.444 e. The number of benzene rings is 3. The first kappa shape index (κ1) is 29.3. The molecule has 9 nitrogen and oxygen atoms in total. The van der Waals surface area contributed by atoms with Crippen LogP contribution >= 0.6 is 0 Å². The SMILES string of the molecule is CC(=O)Nc1cccc(CCn2nncc2[C@@H]2CCN(C(=O)OC(C)(C)C)C[C@H]2OCc2ccc3ccccc3c2)c1. The van der Waals surface area contributed by atoms with E-state index in [1.165, 1.54) is 17.7 Å². The molecule has 1 fully saturated rings. The summed E-state index contributed by atoms with van der Waals surface area (Å²) >= 11 is 0. The molecule has 1 aliphatic heterocycles. The van der Waals surface area contributed by atoms with Gasteiger partial charge in [0.15, 0.2) is 0 Å². The lowest BCUT2D eigenvalue weighted by molar-refractivity contribution is -0.114. The van der Waals surface area contributed by atoms with Crippen molar-refractivity contribution in [3.05, 3.63) is 89.7 Å². The van der Waals surface area contributed by atoms with E-state index in [1.54, 1.807) is 4.90 Å². The summed E-state index contributed by atoms with van der Waals surface area (Å²) < 4.78 is 14.2. The van der Waals surface area contributed by atoms with Gasteiger partial charge in [0.2, 0.25) is 5.91 Å². The van der Waals surface area contributed by atoms with Gasteiger partial charge in [-0.3, -0.25) is 4.79 Å². The minimum atomic E-state index is -0.574. The van der Waals surface area contributed by atoms with Crippen molar-refractivity contribution in [1.29, 1.82) is 0 Å². The zero-order valence-electron chi connectivity index (χ0n) is 24.7. The summed E-state index contributed by atoms with van der Waals surface area (Å²) in [5, 5.41) is 13.8. The number of ether oxygens (including phenoxy) is 2. The molecule has 1 saturated heterocycles. The van der Waals surface area contributed by atoms with E-state index < -0.39 is 5.60 Å². The van der Waals surface area contributed by atoms with Gasteiger partial charge in [-0.2, -0.15) is 0 Å². The fraction of sp³-hybridized carbons (Fsp3) is 0.394. The van der Waals surface area contributed by atoms with E-state index in [0.29, 0.717) is 32.7 Å². The van der Waals surface area contributed by atoms with Crippen molar-refractivity contribution >= 4 is 28.5 Å². The Hall–Kier alpha value is -4.24. The molecule has 2 atom stereocenters. The molecular weight excluding hydrogens is 530 g/mol. The Balaban J connectivity index is 1.33. The summed E-state index contributed by atoms with van der Waals surface area (Å²) in [6, 6.07) is 22.5. The zero-order chi connectivity index (χ0) is 29.7. The number of anilines is 1. The smallest absolute Gasteiger partial charge is 0.410 e. The van der Waals surface area contributed by atoms with Crippen LogP contribution in [-0.2, 0) is 33.8 Å². The van der Waals surface area contributed by atoms with Gasteiger partial charge in [0.25, 0.3) is 0 Å². The molecule has 3 aromatic carbocycles. The molecule has 42 heavy (non-hydrogen) atoms. The molecule has 5 rings (SSSR count). The second-order valence-electron chi connectivity index (χ2n) is 11.9. The Morgan fingerprint density at radius 1 is 1.00 bits per heavy atom. The molecule has 0 unspecified atom stereocenters. The van der Waals surface area contributed by atoms with Crippen LogP contribution in [0, 0.1) is 0 Å². The van der Waals surface area contributed by atoms with E-state index in [4.69, 9.17) is 9.47 Å². The lowest BCUT2D eigenvalue weighted by atomic mass is 9.90. The predicted octanol–water partition coefficient (Wildman–Crippen LogP) is 5.94. The van der Waals surface area contributed by atoms with E-state index in [9.17, 15) is 9.59 Å². The summed E-state index contributed by atoms with van der Waals surface area (Å²) in [5.41, 5.74) is 3.35. The van der Waals surface area contributed by atoms with Gasteiger partial charge in [-0.05, 0) is 73.7 Å². The zero-order valence-corrected chi connectivity index (χ0v) is 24.7. The van der Waals surface area contributed by atoms with Crippen molar-refractivity contribution < 1.29 is 19.1 Å². The third-order valence-corrected chi connectivity index (χ3v) is 7.38. The molecule has 0 bridgehead atoms. The van der Waals surface area contributed by atoms with Crippen LogP contribution in [0.15, 0.2) is 72.9 Å². The van der Waals surface area contributed by atoms with Gasteiger partial charge < -0.3 is 19.7 Å². The van der Waals surface area contributed by atoms with Crippen molar-refractivity contribution in [2.24, 2.45) is 0 Å². The van der Waals surface area contributed by atoms with Crippen LogP contribution in [0.1, 0.15) is 56.9 Å². The van der Waals surface area contributed by atoms with Crippen LogP contribution in [0.3, 0.4) is 0 Å².